The van der Waals surface area contributed by atoms with Crippen LogP contribution in [0.15, 0.2) is 27.6 Å². The summed E-state index contributed by atoms with van der Waals surface area (Å²) in [4.78, 5) is 6.91. The molecule has 0 atom stereocenters. The third-order valence-electron chi connectivity index (χ3n) is 5.22. The molecule has 7 nitrogen and oxygen atoms in total. The van der Waals surface area contributed by atoms with E-state index in [0.29, 0.717) is 49.3 Å². The zero-order valence-corrected chi connectivity index (χ0v) is 15.8. The van der Waals surface area contributed by atoms with Gasteiger partial charge in [0.05, 0.1) is 11.4 Å². The van der Waals surface area contributed by atoms with E-state index in [9.17, 15) is 8.42 Å². The number of rotatable bonds is 5. The maximum atomic E-state index is 13.0. The van der Waals surface area contributed by atoms with Gasteiger partial charge in [0.25, 0.3) is 0 Å². The van der Waals surface area contributed by atoms with Crippen molar-refractivity contribution < 1.29 is 12.9 Å². The summed E-state index contributed by atoms with van der Waals surface area (Å²) in [5.74, 6) is 1.30. The van der Waals surface area contributed by atoms with E-state index >= 15 is 0 Å². The highest BCUT2D eigenvalue weighted by atomic mass is 32.2. The van der Waals surface area contributed by atoms with Gasteiger partial charge in [-0.3, -0.25) is 4.90 Å². The van der Waals surface area contributed by atoms with E-state index in [-0.39, 0.29) is 0 Å². The third kappa shape index (κ3) is 3.41. The molecule has 1 aromatic carbocycles. The SMILES string of the molecule is CCc1nc(CN2CCN(S(=O)(=O)c3ccc4c(c3)CCC4)CC2)no1. The van der Waals surface area contributed by atoms with Gasteiger partial charge in [-0.05, 0) is 42.5 Å². The lowest BCUT2D eigenvalue weighted by Crippen LogP contribution is -2.48. The average Bonchev–Trinajstić information content (AvgIpc) is 3.30. The molecule has 1 saturated heterocycles. The normalized spacial score (nSPS) is 19.0. The standard InChI is InChI=1S/C18H24N4O3S/c1-2-18-19-17(20-25-18)13-21-8-10-22(11-9-21)26(23,24)16-7-6-14-4-3-5-15(14)12-16/h6-7,12H,2-5,8-11,13H2,1H3. The smallest absolute Gasteiger partial charge is 0.243 e. The number of sulfonamides is 1. The number of fused-ring (bicyclic) bond motifs is 1. The van der Waals surface area contributed by atoms with Gasteiger partial charge in [-0.15, -0.1) is 0 Å². The lowest BCUT2D eigenvalue weighted by molar-refractivity contribution is 0.176. The molecule has 1 fully saturated rings. The van der Waals surface area contributed by atoms with E-state index in [4.69, 9.17) is 4.52 Å². The molecule has 2 heterocycles. The molecule has 0 unspecified atom stereocenters. The lowest BCUT2D eigenvalue weighted by atomic mass is 10.1. The van der Waals surface area contributed by atoms with E-state index in [1.807, 2.05) is 19.1 Å². The van der Waals surface area contributed by atoms with E-state index in [0.717, 1.165) is 25.7 Å². The van der Waals surface area contributed by atoms with Gasteiger partial charge in [0.1, 0.15) is 0 Å². The molecular formula is C18H24N4O3S. The molecule has 8 heteroatoms. The molecule has 140 valence electrons. The first-order chi connectivity index (χ1) is 12.6. The summed E-state index contributed by atoms with van der Waals surface area (Å²) in [5.41, 5.74) is 2.48. The molecule has 26 heavy (non-hydrogen) atoms. The number of piperazine rings is 1. The second-order valence-corrected chi connectivity index (χ2v) is 8.86. The summed E-state index contributed by atoms with van der Waals surface area (Å²) in [6, 6.07) is 5.61. The topological polar surface area (TPSA) is 79.5 Å². The second kappa shape index (κ2) is 7.09. The number of hydrogen-bond donors (Lipinski definition) is 0. The van der Waals surface area contributed by atoms with Crippen molar-refractivity contribution in [2.24, 2.45) is 0 Å². The largest absolute Gasteiger partial charge is 0.339 e. The van der Waals surface area contributed by atoms with Gasteiger partial charge in [-0.2, -0.15) is 9.29 Å². The minimum absolute atomic E-state index is 0.428. The van der Waals surface area contributed by atoms with E-state index in [1.165, 1.54) is 11.1 Å². The van der Waals surface area contributed by atoms with Crippen molar-refractivity contribution in [1.29, 1.82) is 0 Å². The third-order valence-corrected chi connectivity index (χ3v) is 7.11. The van der Waals surface area contributed by atoms with E-state index < -0.39 is 10.0 Å². The molecule has 1 aromatic heterocycles. The van der Waals surface area contributed by atoms with Crippen LogP contribution >= 0.6 is 0 Å². The molecule has 4 rings (SSSR count). The van der Waals surface area contributed by atoms with E-state index in [2.05, 4.69) is 15.0 Å². The maximum Gasteiger partial charge on any atom is 0.243 e. The fraction of sp³-hybridized carbons (Fsp3) is 0.556. The van der Waals surface area contributed by atoms with Crippen LogP contribution in [0.3, 0.4) is 0 Å². The van der Waals surface area contributed by atoms with Gasteiger partial charge in [-0.1, -0.05) is 18.1 Å². The summed E-state index contributed by atoms with van der Waals surface area (Å²) >= 11 is 0. The van der Waals surface area contributed by atoms with Crippen molar-refractivity contribution in [1.82, 2.24) is 19.3 Å². The quantitative estimate of drug-likeness (QED) is 0.789. The second-order valence-electron chi connectivity index (χ2n) is 6.92. The number of nitrogens with zero attached hydrogens (tertiary/aromatic N) is 4. The van der Waals surface area contributed by atoms with Crippen LogP contribution < -0.4 is 0 Å². The van der Waals surface area contributed by atoms with E-state index in [1.54, 1.807) is 10.4 Å². The lowest BCUT2D eigenvalue weighted by Gasteiger charge is -2.33. The van der Waals surface area contributed by atoms with Crippen LogP contribution in [0.4, 0.5) is 0 Å². The van der Waals surface area contributed by atoms with Gasteiger partial charge in [0, 0.05) is 32.6 Å². The molecule has 0 radical (unpaired) electrons. The Morgan fingerprint density at radius 1 is 1.12 bits per heavy atom. The molecular weight excluding hydrogens is 352 g/mol. The first-order valence-electron chi connectivity index (χ1n) is 9.22. The van der Waals surface area contributed by atoms with Crippen molar-refractivity contribution in [3.8, 4) is 0 Å². The van der Waals surface area contributed by atoms with Gasteiger partial charge >= 0.3 is 0 Å². The van der Waals surface area contributed by atoms with Gasteiger partial charge in [0.15, 0.2) is 5.82 Å². The van der Waals surface area contributed by atoms with Crippen LogP contribution in [-0.2, 0) is 35.8 Å². The van der Waals surface area contributed by atoms with Crippen LogP contribution in [0.1, 0.15) is 36.2 Å². The predicted octanol–water partition coefficient (Wildman–Crippen LogP) is 1.63. The monoisotopic (exact) mass is 376 g/mol. The molecule has 2 aromatic rings. The van der Waals surface area contributed by atoms with Crippen LogP contribution in [0, 0.1) is 0 Å². The Morgan fingerprint density at radius 2 is 1.88 bits per heavy atom. The highest BCUT2D eigenvalue weighted by Crippen LogP contribution is 2.26. The van der Waals surface area contributed by atoms with Crippen molar-refractivity contribution in [3.05, 3.63) is 41.0 Å². The van der Waals surface area contributed by atoms with Crippen molar-refractivity contribution >= 4 is 10.0 Å². The van der Waals surface area contributed by atoms with Crippen LogP contribution in [0.2, 0.25) is 0 Å². The minimum Gasteiger partial charge on any atom is -0.339 e. The van der Waals surface area contributed by atoms with Crippen LogP contribution in [0.5, 0.6) is 0 Å². The number of aryl methyl sites for hydroxylation is 3. The summed E-state index contributed by atoms with van der Waals surface area (Å²) in [5, 5.41) is 3.97. The highest BCUT2D eigenvalue weighted by molar-refractivity contribution is 7.89. The Kier molecular flexibility index (Phi) is 4.81. The summed E-state index contributed by atoms with van der Waals surface area (Å²) < 4.78 is 32.6. The average molecular weight is 376 g/mol. The predicted molar refractivity (Wildman–Crippen MR) is 96.2 cm³/mol. The van der Waals surface area contributed by atoms with Gasteiger partial charge < -0.3 is 4.52 Å². The molecule has 0 saturated carbocycles. The number of hydrogen-bond acceptors (Lipinski definition) is 6. The molecule has 0 amide bonds. The molecule has 2 aliphatic rings. The fourth-order valence-corrected chi connectivity index (χ4v) is 5.16. The first kappa shape index (κ1) is 17.6. The van der Waals surface area contributed by atoms with Crippen LogP contribution in [0.25, 0.3) is 0 Å². The van der Waals surface area contributed by atoms with Crippen molar-refractivity contribution in [2.75, 3.05) is 26.2 Å². The number of benzene rings is 1. The maximum absolute atomic E-state index is 13.0. The van der Waals surface area contributed by atoms with Gasteiger partial charge in [-0.25, -0.2) is 8.42 Å². The first-order valence-corrected chi connectivity index (χ1v) is 10.7. The molecule has 0 bridgehead atoms. The molecule has 1 aliphatic carbocycles. The highest BCUT2D eigenvalue weighted by Gasteiger charge is 2.29. The Bertz CT molecular complexity index is 886. The Morgan fingerprint density at radius 3 is 2.62 bits per heavy atom. The van der Waals surface area contributed by atoms with Crippen molar-refractivity contribution in [3.63, 3.8) is 0 Å². The Labute approximate surface area is 154 Å². The molecule has 0 N–H and O–H groups in total. The molecule has 0 spiro atoms. The Hall–Kier alpha value is -1.77. The zero-order valence-electron chi connectivity index (χ0n) is 15.0. The van der Waals surface area contributed by atoms with Gasteiger partial charge in [0.2, 0.25) is 15.9 Å². The fourth-order valence-electron chi connectivity index (χ4n) is 3.68. The molecule has 1 aliphatic heterocycles. The summed E-state index contributed by atoms with van der Waals surface area (Å²) in [6.07, 6.45) is 3.88. The van der Waals surface area contributed by atoms with Crippen LogP contribution in [-0.4, -0.2) is 53.9 Å². The number of aromatic nitrogens is 2. The zero-order chi connectivity index (χ0) is 18.1. The minimum atomic E-state index is -3.42. The van der Waals surface area contributed by atoms with Crippen molar-refractivity contribution in [2.45, 2.75) is 44.0 Å². The summed E-state index contributed by atoms with van der Waals surface area (Å²) in [7, 11) is -3.42. The summed E-state index contributed by atoms with van der Waals surface area (Å²) in [6.45, 7) is 4.87. The Balaban J connectivity index is 1.40.